The van der Waals surface area contributed by atoms with E-state index in [-0.39, 0.29) is 22.6 Å². The Morgan fingerprint density at radius 1 is 0.969 bits per heavy atom. The average molecular weight is 451 g/mol. The van der Waals surface area contributed by atoms with E-state index in [0.29, 0.717) is 0 Å². The van der Waals surface area contributed by atoms with E-state index in [1.807, 2.05) is 52.1 Å². The molecule has 32 heavy (non-hydrogen) atoms. The van der Waals surface area contributed by atoms with Crippen LogP contribution in [0.1, 0.15) is 43.2 Å². The maximum atomic E-state index is 13.5. The molecule has 1 spiro atoms. The van der Waals surface area contributed by atoms with Crippen molar-refractivity contribution in [3.63, 3.8) is 0 Å². The van der Waals surface area contributed by atoms with Crippen molar-refractivity contribution in [1.29, 1.82) is 0 Å². The standard InChI is InChI=1S/C26H30N2O3S/c1-31-22-5-3-21(4-6-22)26(9-10-26)24(30)28-16-13-25(19-28)11-14-27(15-12-25)23(29)7-2-20-8-17-32-18-20/h2-8,17-18H,9-16,19H2,1H3/b7-2+. The Labute approximate surface area is 193 Å². The number of ether oxygens (including phenoxy) is 1. The first-order valence-corrected chi connectivity index (χ1v) is 12.4. The largest absolute Gasteiger partial charge is 0.497 e. The molecule has 3 fully saturated rings. The maximum Gasteiger partial charge on any atom is 0.246 e. The number of likely N-dealkylation sites (tertiary alicyclic amines) is 2. The number of methoxy groups -OCH3 is 1. The second-order valence-electron chi connectivity index (χ2n) is 9.50. The molecule has 0 radical (unpaired) electrons. The van der Waals surface area contributed by atoms with E-state index in [9.17, 15) is 9.59 Å². The van der Waals surface area contributed by atoms with Crippen LogP contribution in [0.4, 0.5) is 0 Å². The Bertz CT molecular complexity index is 1000. The van der Waals surface area contributed by atoms with E-state index >= 15 is 0 Å². The van der Waals surface area contributed by atoms with Gasteiger partial charge in [0, 0.05) is 32.3 Å². The zero-order chi connectivity index (χ0) is 22.2. The van der Waals surface area contributed by atoms with Gasteiger partial charge in [-0.2, -0.15) is 11.3 Å². The van der Waals surface area contributed by atoms with Gasteiger partial charge in [0.2, 0.25) is 11.8 Å². The summed E-state index contributed by atoms with van der Waals surface area (Å²) >= 11 is 1.63. The van der Waals surface area contributed by atoms with Gasteiger partial charge >= 0.3 is 0 Å². The Kier molecular flexibility index (Phi) is 5.58. The van der Waals surface area contributed by atoms with Gasteiger partial charge in [-0.05, 0) is 83.7 Å². The number of carbonyl (C=O) groups excluding carboxylic acids is 2. The number of thiophene rings is 1. The molecule has 2 saturated heterocycles. The van der Waals surface area contributed by atoms with E-state index < -0.39 is 0 Å². The molecule has 3 heterocycles. The minimum Gasteiger partial charge on any atom is -0.497 e. The van der Waals surface area contributed by atoms with Gasteiger partial charge < -0.3 is 14.5 Å². The lowest BCUT2D eigenvalue weighted by Gasteiger charge is -2.39. The highest BCUT2D eigenvalue weighted by Gasteiger charge is 2.55. The number of hydrogen-bond acceptors (Lipinski definition) is 4. The summed E-state index contributed by atoms with van der Waals surface area (Å²) in [6.45, 7) is 3.22. The fourth-order valence-electron chi connectivity index (χ4n) is 5.32. The third-order valence-corrected chi connectivity index (χ3v) is 8.33. The van der Waals surface area contributed by atoms with Crippen LogP contribution in [0.25, 0.3) is 6.08 Å². The van der Waals surface area contributed by atoms with Gasteiger partial charge in [0.15, 0.2) is 0 Å². The van der Waals surface area contributed by atoms with Crippen LogP contribution in [0.5, 0.6) is 5.75 Å². The first-order valence-electron chi connectivity index (χ1n) is 11.5. The Hall–Kier alpha value is -2.60. The summed E-state index contributed by atoms with van der Waals surface area (Å²) in [6, 6.07) is 10.0. The smallest absolute Gasteiger partial charge is 0.246 e. The lowest BCUT2D eigenvalue weighted by molar-refractivity contribution is -0.134. The normalized spacial score (nSPS) is 21.3. The monoisotopic (exact) mass is 450 g/mol. The lowest BCUT2D eigenvalue weighted by Crippen LogP contribution is -2.45. The zero-order valence-corrected chi connectivity index (χ0v) is 19.4. The highest BCUT2D eigenvalue weighted by Crippen LogP contribution is 2.51. The van der Waals surface area contributed by atoms with Crippen LogP contribution in [0.2, 0.25) is 0 Å². The predicted octanol–water partition coefficient (Wildman–Crippen LogP) is 4.34. The van der Waals surface area contributed by atoms with E-state index in [4.69, 9.17) is 4.74 Å². The predicted molar refractivity (Wildman–Crippen MR) is 127 cm³/mol. The summed E-state index contributed by atoms with van der Waals surface area (Å²) < 4.78 is 5.27. The van der Waals surface area contributed by atoms with Gasteiger partial charge in [-0.1, -0.05) is 12.1 Å². The number of hydrogen-bond donors (Lipinski definition) is 0. The number of carbonyl (C=O) groups is 2. The first-order chi connectivity index (χ1) is 15.5. The van der Waals surface area contributed by atoms with E-state index in [1.165, 1.54) is 0 Å². The summed E-state index contributed by atoms with van der Waals surface area (Å²) in [4.78, 5) is 30.1. The van der Waals surface area contributed by atoms with Crippen molar-refractivity contribution >= 4 is 29.2 Å². The molecule has 0 bridgehead atoms. The van der Waals surface area contributed by atoms with Crippen molar-refractivity contribution in [2.45, 2.75) is 37.5 Å². The Morgan fingerprint density at radius 2 is 1.66 bits per heavy atom. The fraction of sp³-hybridized carbons (Fsp3) is 0.462. The molecular formula is C26H30N2O3S. The molecule has 1 aromatic heterocycles. The lowest BCUT2D eigenvalue weighted by atomic mass is 9.77. The molecule has 3 aliphatic rings. The van der Waals surface area contributed by atoms with E-state index in [2.05, 4.69) is 4.90 Å². The quantitative estimate of drug-likeness (QED) is 0.637. The molecule has 1 saturated carbocycles. The highest BCUT2D eigenvalue weighted by molar-refractivity contribution is 7.08. The average Bonchev–Trinajstić information content (AvgIpc) is 3.27. The SMILES string of the molecule is COc1ccc(C2(C(=O)N3CCC4(CCN(C(=O)/C=C/c5ccsc5)CC4)C3)CC2)cc1. The molecule has 5 rings (SSSR count). The van der Waals surface area contributed by atoms with Crippen LogP contribution in [0.3, 0.4) is 0 Å². The van der Waals surface area contributed by atoms with Crippen LogP contribution in [-0.2, 0) is 15.0 Å². The summed E-state index contributed by atoms with van der Waals surface area (Å²) in [5.74, 6) is 1.20. The van der Waals surface area contributed by atoms with Crippen LogP contribution in [0, 0.1) is 5.41 Å². The molecule has 1 aromatic carbocycles. The summed E-state index contributed by atoms with van der Waals surface area (Å²) in [7, 11) is 1.66. The van der Waals surface area contributed by atoms with Crippen LogP contribution >= 0.6 is 11.3 Å². The van der Waals surface area contributed by atoms with Crippen LogP contribution < -0.4 is 4.74 Å². The molecule has 2 aliphatic heterocycles. The minimum atomic E-state index is -0.332. The zero-order valence-electron chi connectivity index (χ0n) is 18.6. The van der Waals surface area contributed by atoms with Crippen molar-refractivity contribution in [2.75, 3.05) is 33.3 Å². The second-order valence-corrected chi connectivity index (χ2v) is 10.3. The third kappa shape index (κ3) is 3.96. The van der Waals surface area contributed by atoms with Crippen molar-refractivity contribution in [3.8, 4) is 5.75 Å². The van der Waals surface area contributed by atoms with Crippen LogP contribution in [0.15, 0.2) is 47.2 Å². The molecule has 2 aromatic rings. The van der Waals surface area contributed by atoms with E-state index in [1.54, 1.807) is 24.5 Å². The number of nitrogens with zero attached hydrogens (tertiary/aromatic N) is 2. The van der Waals surface area contributed by atoms with Gasteiger partial charge in [-0.15, -0.1) is 0 Å². The van der Waals surface area contributed by atoms with Crippen LogP contribution in [-0.4, -0.2) is 54.9 Å². The molecule has 0 N–H and O–H groups in total. The molecule has 2 amide bonds. The van der Waals surface area contributed by atoms with Crippen molar-refractivity contribution in [2.24, 2.45) is 5.41 Å². The molecule has 0 atom stereocenters. The fourth-order valence-corrected chi connectivity index (χ4v) is 5.95. The molecule has 1 aliphatic carbocycles. The number of benzene rings is 1. The van der Waals surface area contributed by atoms with Crippen molar-refractivity contribution in [3.05, 3.63) is 58.3 Å². The molecule has 5 nitrogen and oxygen atoms in total. The van der Waals surface area contributed by atoms with Crippen molar-refractivity contribution in [1.82, 2.24) is 9.80 Å². The molecule has 0 unspecified atom stereocenters. The van der Waals surface area contributed by atoms with Gasteiger partial charge in [0.1, 0.15) is 5.75 Å². The number of rotatable bonds is 5. The maximum absolute atomic E-state index is 13.5. The van der Waals surface area contributed by atoms with Gasteiger partial charge in [0.05, 0.1) is 12.5 Å². The first kappa shape index (κ1) is 21.3. The summed E-state index contributed by atoms with van der Waals surface area (Å²) in [5.41, 5.74) is 2.02. The molecule has 6 heteroatoms. The van der Waals surface area contributed by atoms with Gasteiger partial charge in [-0.3, -0.25) is 9.59 Å². The van der Waals surface area contributed by atoms with Gasteiger partial charge in [-0.25, -0.2) is 0 Å². The Balaban J connectivity index is 1.18. The van der Waals surface area contributed by atoms with Gasteiger partial charge in [0.25, 0.3) is 0 Å². The molecular weight excluding hydrogens is 420 g/mol. The summed E-state index contributed by atoms with van der Waals surface area (Å²) in [6.07, 6.45) is 8.45. The van der Waals surface area contributed by atoms with Crippen molar-refractivity contribution < 1.29 is 14.3 Å². The second kappa shape index (κ2) is 8.39. The number of amides is 2. The molecule has 168 valence electrons. The van der Waals surface area contributed by atoms with E-state index in [0.717, 1.165) is 75.2 Å². The number of piperidine rings is 1. The topological polar surface area (TPSA) is 49.9 Å². The highest BCUT2D eigenvalue weighted by atomic mass is 32.1. The Morgan fingerprint density at radius 3 is 2.25 bits per heavy atom. The third-order valence-electron chi connectivity index (χ3n) is 7.62. The minimum absolute atomic E-state index is 0.0911. The summed E-state index contributed by atoms with van der Waals surface area (Å²) in [5, 5.41) is 4.06.